The van der Waals surface area contributed by atoms with Crippen molar-refractivity contribution in [3.8, 4) is 22.8 Å². The number of likely N-dealkylation sites (tertiary alicyclic amines) is 1. The first-order chi connectivity index (χ1) is 16.2. The number of nitrogens with two attached hydrogens (primary N) is 1. The third-order valence-electron chi connectivity index (χ3n) is 5.53. The largest absolute Gasteiger partial charge is 0.457 e. The minimum absolute atomic E-state index is 0.0752. The van der Waals surface area contributed by atoms with Crippen LogP contribution in [0.1, 0.15) is 50.0 Å². The number of benzene rings is 2. The molecule has 34 heavy (non-hydrogen) atoms. The minimum Gasteiger partial charge on any atom is -0.457 e. The van der Waals surface area contributed by atoms with E-state index in [0.29, 0.717) is 30.1 Å². The molecule has 1 unspecified atom stereocenters. The molecule has 2 heterocycles. The van der Waals surface area contributed by atoms with Crippen LogP contribution in [-0.4, -0.2) is 45.4 Å². The normalized spacial score (nSPS) is 16.2. The highest BCUT2D eigenvalue weighted by Crippen LogP contribution is 2.30. The molecule has 1 atom stereocenters. The molecule has 178 valence electrons. The Morgan fingerprint density at radius 3 is 2.35 bits per heavy atom. The molecular formula is C26H30N4O4. The monoisotopic (exact) mass is 462 g/mol. The van der Waals surface area contributed by atoms with Crippen LogP contribution in [0.4, 0.5) is 4.79 Å². The van der Waals surface area contributed by atoms with E-state index in [-0.39, 0.29) is 12.1 Å². The zero-order valence-corrected chi connectivity index (χ0v) is 19.7. The summed E-state index contributed by atoms with van der Waals surface area (Å²) in [6.45, 7) is 6.63. The lowest BCUT2D eigenvalue weighted by Gasteiger charge is -2.34. The molecule has 0 saturated carbocycles. The molecule has 1 aliphatic heterocycles. The van der Waals surface area contributed by atoms with E-state index < -0.39 is 11.5 Å². The summed E-state index contributed by atoms with van der Waals surface area (Å²) in [7, 11) is 0. The van der Waals surface area contributed by atoms with Gasteiger partial charge in [-0.2, -0.15) is 5.10 Å². The number of primary amides is 1. The van der Waals surface area contributed by atoms with Crippen LogP contribution >= 0.6 is 0 Å². The van der Waals surface area contributed by atoms with Crippen LogP contribution in [0.15, 0.2) is 60.8 Å². The van der Waals surface area contributed by atoms with E-state index in [1.165, 1.54) is 0 Å². The maximum absolute atomic E-state index is 12.5. The number of aromatic nitrogens is 2. The van der Waals surface area contributed by atoms with Gasteiger partial charge in [0.2, 0.25) is 0 Å². The Hall–Kier alpha value is -3.81. The molecule has 0 aliphatic carbocycles. The van der Waals surface area contributed by atoms with Crippen LogP contribution in [0.3, 0.4) is 0 Å². The fourth-order valence-electron chi connectivity index (χ4n) is 3.94. The van der Waals surface area contributed by atoms with Gasteiger partial charge in [0.05, 0.1) is 11.6 Å². The van der Waals surface area contributed by atoms with Crippen molar-refractivity contribution in [1.29, 1.82) is 0 Å². The summed E-state index contributed by atoms with van der Waals surface area (Å²) in [6, 6.07) is 16.8. The smallest absolute Gasteiger partial charge is 0.410 e. The molecule has 0 spiro atoms. The number of hydrogen-bond donors (Lipinski definition) is 1. The highest BCUT2D eigenvalue weighted by molar-refractivity contribution is 5.98. The number of rotatable bonds is 5. The molecule has 3 aromatic rings. The Morgan fingerprint density at radius 2 is 1.71 bits per heavy atom. The molecule has 1 fully saturated rings. The van der Waals surface area contributed by atoms with Gasteiger partial charge in [0.15, 0.2) is 0 Å². The van der Waals surface area contributed by atoms with Gasteiger partial charge in [-0.1, -0.05) is 18.2 Å². The van der Waals surface area contributed by atoms with Gasteiger partial charge in [0.25, 0.3) is 5.91 Å². The van der Waals surface area contributed by atoms with Crippen molar-refractivity contribution in [2.45, 2.75) is 45.3 Å². The topological polar surface area (TPSA) is 99.7 Å². The second kappa shape index (κ2) is 9.59. The highest BCUT2D eigenvalue weighted by Gasteiger charge is 2.30. The molecule has 4 rings (SSSR count). The van der Waals surface area contributed by atoms with Gasteiger partial charge in [0.1, 0.15) is 22.8 Å². The van der Waals surface area contributed by atoms with Crippen molar-refractivity contribution in [3.05, 3.63) is 66.4 Å². The Morgan fingerprint density at radius 1 is 1.03 bits per heavy atom. The quantitative estimate of drug-likeness (QED) is 0.574. The standard InChI is InChI=1S/C26H30N4O4/c1-26(2,3)34-25(32)29-15-7-8-19(16-29)30-17-22(24(27)31)23(28-30)18-11-13-21(14-12-18)33-20-9-5-4-6-10-20/h4-6,9-14,17,19H,7-8,15-16H2,1-3H3,(H2,27,31). The van der Waals surface area contributed by atoms with Crippen molar-refractivity contribution < 1.29 is 19.1 Å². The molecule has 8 nitrogen and oxygen atoms in total. The molecule has 0 radical (unpaired) electrons. The van der Waals surface area contributed by atoms with E-state index in [1.807, 2.05) is 75.4 Å². The number of carbonyl (C=O) groups is 2. The van der Waals surface area contributed by atoms with Gasteiger partial charge in [-0.05, 0) is 70.0 Å². The summed E-state index contributed by atoms with van der Waals surface area (Å²) in [5.41, 5.74) is 6.72. The number of hydrogen-bond acceptors (Lipinski definition) is 5. The Labute approximate surface area is 199 Å². The molecule has 2 N–H and O–H groups in total. The van der Waals surface area contributed by atoms with Crippen LogP contribution in [-0.2, 0) is 4.74 Å². The number of carbonyl (C=O) groups excluding carboxylic acids is 2. The Kier molecular flexibility index (Phi) is 6.58. The van der Waals surface area contributed by atoms with Gasteiger partial charge in [-0.3, -0.25) is 9.48 Å². The molecule has 0 bridgehead atoms. The molecule has 1 aliphatic rings. The van der Waals surface area contributed by atoms with Gasteiger partial charge in [0, 0.05) is 24.8 Å². The Bertz CT molecular complexity index is 1150. The number of nitrogens with zero attached hydrogens (tertiary/aromatic N) is 3. The summed E-state index contributed by atoms with van der Waals surface area (Å²) < 4.78 is 13.1. The first-order valence-corrected chi connectivity index (χ1v) is 11.4. The summed E-state index contributed by atoms with van der Waals surface area (Å²) in [5, 5.41) is 4.70. The second-order valence-electron chi connectivity index (χ2n) is 9.40. The maximum atomic E-state index is 12.5. The van der Waals surface area contributed by atoms with E-state index >= 15 is 0 Å². The molecule has 1 aromatic heterocycles. The fraction of sp³-hybridized carbons (Fsp3) is 0.346. The average Bonchev–Trinajstić information content (AvgIpc) is 3.25. The zero-order chi connectivity index (χ0) is 24.3. The molecule has 2 aromatic carbocycles. The van der Waals surface area contributed by atoms with E-state index in [0.717, 1.165) is 24.2 Å². The van der Waals surface area contributed by atoms with E-state index in [1.54, 1.807) is 15.8 Å². The zero-order valence-electron chi connectivity index (χ0n) is 19.7. The SMILES string of the molecule is CC(C)(C)OC(=O)N1CCCC(n2cc(C(N)=O)c(-c3ccc(Oc4ccccc4)cc3)n2)C1. The second-order valence-corrected chi connectivity index (χ2v) is 9.40. The van der Waals surface area contributed by atoms with Crippen LogP contribution in [0.25, 0.3) is 11.3 Å². The van der Waals surface area contributed by atoms with Crippen molar-refractivity contribution in [1.82, 2.24) is 14.7 Å². The van der Waals surface area contributed by atoms with Crippen LogP contribution < -0.4 is 10.5 Å². The Balaban J connectivity index is 1.54. The highest BCUT2D eigenvalue weighted by atomic mass is 16.6. The molecular weight excluding hydrogens is 432 g/mol. The number of ether oxygens (including phenoxy) is 2. The van der Waals surface area contributed by atoms with E-state index in [9.17, 15) is 9.59 Å². The van der Waals surface area contributed by atoms with Crippen molar-refractivity contribution in [2.75, 3.05) is 13.1 Å². The first-order valence-electron chi connectivity index (χ1n) is 11.4. The lowest BCUT2D eigenvalue weighted by Crippen LogP contribution is -2.43. The van der Waals surface area contributed by atoms with Crippen LogP contribution in [0, 0.1) is 0 Å². The summed E-state index contributed by atoms with van der Waals surface area (Å²) in [4.78, 5) is 26.4. The van der Waals surface area contributed by atoms with E-state index in [4.69, 9.17) is 20.3 Å². The number of piperidine rings is 1. The molecule has 8 heteroatoms. The maximum Gasteiger partial charge on any atom is 0.410 e. The fourth-order valence-corrected chi connectivity index (χ4v) is 3.94. The summed E-state index contributed by atoms with van der Waals surface area (Å²) >= 11 is 0. The number of para-hydroxylation sites is 1. The lowest BCUT2D eigenvalue weighted by atomic mass is 10.1. The van der Waals surface area contributed by atoms with Gasteiger partial charge in [-0.15, -0.1) is 0 Å². The summed E-state index contributed by atoms with van der Waals surface area (Å²) in [5.74, 6) is 0.866. The average molecular weight is 463 g/mol. The third-order valence-corrected chi connectivity index (χ3v) is 5.53. The van der Waals surface area contributed by atoms with E-state index in [2.05, 4.69) is 0 Å². The molecule has 2 amide bonds. The summed E-state index contributed by atoms with van der Waals surface area (Å²) in [6.07, 6.45) is 2.99. The lowest BCUT2D eigenvalue weighted by molar-refractivity contribution is 0.0167. The number of amides is 2. The van der Waals surface area contributed by atoms with Crippen LogP contribution in [0.2, 0.25) is 0 Å². The van der Waals surface area contributed by atoms with Crippen molar-refractivity contribution in [2.24, 2.45) is 5.73 Å². The van der Waals surface area contributed by atoms with Crippen LogP contribution in [0.5, 0.6) is 11.5 Å². The van der Waals surface area contributed by atoms with Gasteiger partial charge >= 0.3 is 6.09 Å². The predicted molar refractivity (Wildman–Crippen MR) is 129 cm³/mol. The van der Waals surface area contributed by atoms with Gasteiger partial charge < -0.3 is 20.1 Å². The molecule has 1 saturated heterocycles. The minimum atomic E-state index is -0.557. The first kappa shape index (κ1) is 23.4. The third kappa shape index (κ3) is 5.57. The van der Waals surface area contributed by atoms with Crippen molar-refractivity contribution >= 4 is 12.0 Å². The van der Waals surface area contributed by atoms with Crippen molar-refractivity contribution in [3.63, 3.8) is 0 Å². The predicted octanol–water partition coefficient (Wildman–Crippen LogP) is 5.01. The van der Waals surface area contributed by atoms with Gasteiger partial charge in [-0.25, -0.2) is 4.79 Å².